The first kappa shape index (κ1) is 13.5. The van der Waals surface area contributed by atoms with Gasteiger partial charge in [0.2, 0.25) is 5.70 Å². The van der Waals surface area contributed by atoms with Gasteiger partial charge in [-0.2, -0.15) is 0 Å². The summed E-state index contributed by atoms with van der Waals surface area (Å²) in [5.41, 5.74) is 0.701. The quantitative estimate of drug-likeness (QED) is 0.633. The largest absolute Gasteiger partial charge is 0.495 e. The van der Waals surface area contributed by atoms with Crippen LogP contribution in [0.15, 0.2) is 22.3 Å². The van der Waals surface area contributed by atoms with Crippen molar-refractivity contribution in [2.45, 2.75) is 6.92 Å². The van der Waals surface area contributed by atoms with Gasteiger partial charge in [0.1, 0.15) is 16.0 Å². The Bertz CT molecular complexity index is 446. The topological polar surface area (TPSA) is 61.6 Å². The Morgan fingerprint density at radius 3 is 2.18 bits per heavy atom. The highest BCUT2D eigenvalue weighted by Gasteiger charge is 2.10. The Labute approximate surface area is 107 Å². The maximum absolute atomic E-state index is 10.5. The van der Waals surface area contributed by atoms with Crippen molar-refractivity contribution in [3.05, 3.63) is 38.0 Å². The van der Waals surface area contributed by atoms with E-state index in [-0.39, 0.29) is 5.70 Å². The number of nitro groups is 1. The van der Waals surface area contributed by atoms with Crippen molar-refractivity contribution in [2.24, 2.45) is 0 Å². The van der Waals surface area contributed by atoms with Crippen LogP contribution >= 0.6 is 15.9 Å². The number of halogens is 1. The number of hydrogen-bond donors (Lipinski definition) is 0. The van der Waals surface area contributed by atoms with Crippen LogP contribution in [0, 0.1) is 10.1 Å². The monoisotopic (exact) mass is 301 g/mol. The van der Waals surface area contributed by atoms with Crippen molar-refractivity contribution < 1.29 is 14.4 Å². The standard InChI is InChI=1S/C11H12BrNO4/c1-7(13(14)15)4-8-5-9(16-2)11(12)10(6-8)17-3/h4-6H,1-3H3. The number of hydrogen-bond acceptors (Lipinski definition) is 4. The van der Waals surface area contributed by atoms with Crippen molar-refractivity contribution in [2.75, 3.05) is 14.2 Å². The van der Waals surface area contributed by atoms with Gasteiger partial charge in [-0.1, -0.05) is 0 Å². The summed E-state index contributed by atoms with van der Waals surface area (Å²) in [6.07, 6.45) is 1.46. The third kappa shape index (κ3) is 3.20. The highest BCUT2D eigenvalue weighted by Crippen LogP contribution is 2.36. The van der Waals surface area contributed by atoms with Crippen molar-refractivity contribution in [3.63, 3.8) is 0 Å². The first-order valence-electron chi connectivity index (χ1n) is 4.73. The lowest BCUT2D eigenvalue weighted by Crippen LogP contribution is -1.95. The minimum absolute atomic E-state index is 0.0522. The third-order valence-corrected chi connectivity index (χ3v) is 2.91. The zero-order chi connectivity index (χ0) is 13.0. The van der Waals surface area contributed by atoms with Gasteiger partial charge in [-0.05, 0) is 33.6 Å². The number of rotatable bonds is 4. The van der Waals surface area contributed by atoms with E-state index in [4.69, 9.17) is 9.47 Å². The van der Waals surface area contributed by atoms with Crippen LogP contribution in [-0.4, -0.2) is 19.1 Å². The highest BCUT2D eigenvalue weighted by molar-refractivity contribution is 9.10. The molecule has 0 spiro atoms. The van der Waals surface area contributed by atoms with Gasteiger partial charge < -0.3 is 9.47 Å². The molecular formula is C11H12BrNO4. The lowest BCUT2D eigenvalue weighted by atomic mass is 10.1. The summed E-state index contributed by atoms with van der Waals surface area (Å²) >= 11 is 3.33. The van der Waals surface area contributed by atoms with Crippen molar-refractivity contribution in [1.82, 2.24) is 0 Å². The van der Waals surface area contributed by atoms with Gasteiger partial charge in [0.05, 0.1) is 19.1 Å². The fourth-order valence-electron chi connectivity index (χ4n) is 1.27. The van der Waals surface area contributed by atoms with E-state index in [9.17, 15) is 10.1 Å². The van der Waals surface area contributed by atoms with E-state index < -0.39 is 4.92 Å². The normalized spacial score (nSPS) is 11.2. The van der Waals surface area contributed by atoms with E-state index in [0.29, 0.717) is 21.5 Å². The SMILES string of the molecule is COc1cc(C=C(C)[N+](=O)[O-])cc(OC)c1Br. The van der Waals surface area contributed by atoms with Gasteiger partial charge in [0.15, 0.2) is 0 Å². The molecule has 1 aromatic rings. The molecule has 17 heavy (non-hydrogen) atoms. The summed E-state index contributed by atoms with van der Waals surface area (Å²) in [5, 5.41) is 10.5. The second-order valence-electron chi connectivity index (χ2n) is 3.28. The number of ether oxygens (including phenoxy) is 2. The molecule has 1 aromatic carbocycles. The van der Waals surface area contributed by atoms with Crippen LogP contribution < -0.4 is 9.47 Å². The summed E-state index contributed by atoms with van der Waals surface area (Å²) in [5.74, 6) is 1.12. The molecule has 0 fully saturated rings. The lowest BCUT2D eigenvalue weighted by Gasteiger charge is -2.09. The van der Waals surface area contributed by atoms with Crippen molar-refractivity contribution in [3.8, 4) is 11.5 Å². The molecule has 0 saturated carbocycles. The Morgan fingerprint density at radius 2 is 1.82 bits per heavy atom. The first-order valence-corrected chi connectivity index (χ1v) is 5.53. The molecular weight excluding hydrogens is 290 g/mol. The Kier molecular flexibility index (Phi) is 4.51. The molecule has 0 radical (unpaired) electrons. The van der Waals surface area contributed by atoms with Crippen LogP contribution in [-0.2, 0) is 0 Å². The number of methoxy groups -OCH3 is 2. The molecule has 0 unspecified atom stereocenters. The average molecular weight is 302 g/mol. The second kappa shape index (κ2) is 5.67. The highest BCUT2D eigenvalue weighted by atomic mass is 79.9. The van der Waals surface area contributed by atoms with Crippen LogP contribution in [0.5, 0.6) is 11.5 Å². The summed E-state index contributed by atoms with van der Waals surface area (Å²) in [6, 6.07) is 3.39. The van der Waals surface area contributed by atoms with E-state index in [0.717, 1.165) is 0 Å². The molecule has 0 aliphatic carbocycles. The van der Waals surface area contributed by atoms with Crippen LogP contribution in [0.1, 0.15) is 12.5 Å². The van der Waals surface area contributed by atoms with Crippen molar-refractivity contribution >= 4 is 22.0 Å². The van der Waals surface area contributed by atoms with Gasteiger partial charge in [-0.3, -0.25) is 10.1 Å². The molecule has 0 saturated heterocycles. The fourth-order valence-corrected chi connectivity index (χ4v) is 1.82. The summed E-state index contributed by atoms with van der Waals surface area (Å²) in [6.45, 7) is 1.43. The number of allylic oxidation sites excluding steroid dienone is 1. The van der Waals surface area contributed by atoms with Crippen LogP contribution in [0.3, 0.4) is 0 Å². The van der Waals surface area contributed by atoms with Crippen LogP contribution in [0.4, 0.5) is 0 Å². The lowest BCUT2D eigenvalue weighted by molar-refractivity contribution is -0.422. The van der Waals surface area contributed by atoms with E-state index in [1.54, 1.807) is 12.1 Å². The zero-order valence-corrected chi connectivity index (χ0v) is 11.3. The third-order valence-electron chi connectivity index (χ3n) is 2.13. The van der Waals surface area contributed by atoms with Crippen LogP contribution in [0.2, 0.25) is 0 Å². The van der Waals surface area contributed by atoms with E-state index in [2.05, 4.69) is 15.9 Å². The van der Waals surface area contributed by atoms with E-state index >= 15 is 0 Å². The maximum atomic E-state index is 10.5. The summed E-state index contributed by atoms with van der Waals surface area (Å²) in [7, 11) is 3.04. The van der Waals surface area contributed by atoms with E-state index in [1.165, 1.54) is 27.2 Å². The summed E-state index contributed by atoms with van der Waals surface area (Å²) < 4.78 is 11.0. The Balaban J connectivity index is 3.27. The van der Waals surface area contributed by atoms with Gasteiger partial charge in [-0.15, -0.1) is 0 Å². The fraction of sp³-hybridized carbons (Fsp3) is 0.273. The smallest absolute Gasteiger partial charge is 0.243 e. The molecule has 0 atom stereocenters. The molecule has 0 aromatic heterocycles. The Morgan fingerprint density at radius 1 is 1.35 bits per heavy atom. The predicted octanol–water partition coefficient (Wildman–Crippen LogP) is 3.10. The molecule has 6 heteroatoms. The molecule has 1 rings (SSSR count). The predicted molar refractivity (Wildman–Crippen MR) is 67.9 cm³/mol. The molecule has 0 N–H and O–H groups in total. The Hall–Kier alpha value is -1.56. The van der Waals surface area contributed by atoms with Gasteiger partial charge in [0, 0.05) is 13.0 Å². The van der Waals surface area contributed by atoms with Crippen LogP contribution in [0.25, 0.3) is 6.08 Å². The molecule has 0 aliphatic rings. The van der Waals surface area contributed by atoms with Gasteiger partial charge >= 0.3 is 0 Å². The first-order chi connectivity index (χ1) is 7.99. The molecule has 0 bridgehead atoms. The van der Waals surface area contributed by atoms with Gasteiger partial charge in [0.25, 0.3) is 0 Å². The maximum Gasteiger partial charge on any atom is 0.243 e. The zero-order valence-electron chi connectivity index (χ0n) is 9.69. The number of benzene rings is 1. The molecule has 5 nitrogen and oxygen atoms in total. The molecule has 0 aliphatic heterocycles. The minimum atomic E-state index is -0.443. The number of nitrogens with zero attached hydrogens (tertiary/aromatic N) is 1. The molecule has 0 heterocycles. The summed E-state index contributed by atoms with van der Waals surface area (Å²) in [4.78, 5) is 10.1. The van der Waals surface area contributed by atoms with E-state index in [1.807, 2.05) is 0 Å². The minimum Gasteiger partial charge on any atom is -0.495 e. The average Bonchev–Trinajstić information content (AvgIpc) is 2.30. The molecule has 92 valence electrons. The van der Waals surface area contributed by atoms with Crippen molar-refractivity contribution in [1.29, 1.82) is 0 Å². The second-order valence-corrected chi connectivity index (χ2v) is 4.08. The van der Waals surface area contributed by atoms with Gasteiger partial charge in [-0.25, -0.2) is 0 Å². The molecule has 0 amide bonds.